The van der Waals surface area contributed by atoms with Crippen LogP contribution in [0, 0.1) is 6.92 Å². The summed E-state index contributed by atoms with van der Waals surface area (Å²) in [5.74, 6) is -2.10. The van der Waals surface area contributed by atoms with Crippen LogP contribution in [0.1, 0.15) is 29.0 Å². The van der Waals surface area contributed by atoms with Gasteiger partial charge in [-0.2, -0.15) is 0 Å². The van der Waals surface area contributed by atoms with Crippen molar-refractivity contribution in [2.45, 2.75) is 25.3 Å². The van der Waals surface area contributed by atoms with E-state index in [0.717, 1.165) is 27.8 Å². The van der Waals surface area contributed by atoms with Crippen LogP contribution >= 0.6 is 11.6 Å². The molecular formula is C26H23ClN2O5. The molecule has 1 aliphatic carbocycles. The number of rotatable bonds is 7. The molecule has 8 heteroatoms. The van der Waals surface area contributed by atoms with Gasteiger partial charge in [-0.05, 0) is 40.8 Å². The number of carbonyl (C=O) groups excluding carboxylic acids is 2. The second-order valence-electron chi connectivity index (χ2n) is 8.05. The quantitative estimate of drug-likeness (QED) is 0.444. The summed E-state index contributed by atoms with van der Waals surface area (Å²) in [4.78, 5) is 36.6. The maximum Gasteiger partial charge on any atom is 0.407 e. The van der Waals surface area contributed by atoms with Gasteiger partial charge in [-0.1, -0.05) is 72.3 Å². The summed E-state index contributed by atoms with van der Waals surface area (Å²) in [5.41, 5.74) is 5.35. The number of hydrogen-bond acceptors (Lipinski definition) is 4. The van der Waals surface area contributed by atoms with E-state index < -0.39 is 30.4 Å². The Balaban J connectivity index is 1.44. The Morgan fingerprint density at radius 2 is 1.59 bits per heavy atom. The third-order valence-corrected chi connectivity index (χ3v) is 6.28. The molecule has 0 aliphatic heterocycles. The fourth-order valence-electron chi connectivity index (χ4n) is 4.13. The highest BCUT2D eigenvalue weighted by Gasteiger charge is 2.30. The Kier molecular flexibility index (Phi) is 6.84. The number of aryl methyl sites for hydroxylation is 1. The molecule has 3 aromatic rings. The van der Waals surface area contributed by atoms with E-state index in [-0.39, 0.29) is 12.5 Å². The van der Waals surface area contributed by atoms with Crippen molar-refractivity contribution in [3.63, 3.8) is 0 Å². The van der Waals surface area contributed by atoms with Gasteiger partial charge in [0.15, 0.2) is 0 Å². The monoisotopic (exact) mass is 478 g/mol. The van der Waals surface area contributed by atoms with Gasteiger partial charge in [-0.15, -0.1) is 0 Å². The highest BCUT2D eigenvalue weighted by atomic mass is 35.5. The van der Waals surface area contributed by atoms with Crippen LogP contribution in [0.15, 0.2) is 66.7 Å². The number of halogens is 1. The molecule has 1 aliphatic rings. The van der Waals surface area contributed by atoms with E-state index in [9.17, 15) is 19.5 Å². The fraction of sp³-hybridized carbons (Fsp3) is 0.192. The van der Waals surface area contributed by atoms with Crippen molar-refractivity contribution < 1.29 is 24.2 Å². The second kappa shape index (κ2) is 9.97. The molecule has 1 unspecified atom stereocenters. The molecule has 3 aromatic carbocycles. The molecule has 34 heavy (non-hydrogen) atoms. The van der Waals surface area contributed by atoms with Crippen LogP contribution < -0.4 is 10.6 Å². The van der Waals surface area contributed by atoms with Crippen LogP contribution in [0.5, 0.6) is 0 Å². The molecule has 174 valence electrons. The zero-order valence-electron chi connectivity index (χ0n) is 18.4. The van der Waals surface area contributed by atoms with Gasteiger partial charge in [0.25, 0.3) is 0 Å². The first-order chi connectivity index (χ1) is 16.3. The fourth-order valence-corrected chi connectivity index (χ4v) is 4.30. The Morgan fingerprint density at radius 3 is 2.21 bits per heavy atom. The number of hydrogen-bond donors (Lipinski definition) is 3. The highest BCUT2D eigenvalue weighted by molar-refractivity contribution is 6.34. The molecule has 4 rings (SSSR count). The molecule has 0 aromatic heterocycles. The van der Waals surface area contributed by atoms with E-state index >= 15 is 0 Å². The summed E-state index contributed by atoms with van der Waals surface area (Å²) in [7, 11) is 0. The van der Waals surface area contributed by atoms with Gasteiger partial charge in [0.2, 0.25) is 5.91 Å². The first kappa shape index (κ1) is 23.3. The largest absolute Gasteiger partial charge is 0.481 e. The van der Waals surface area contributed by atoms with Crippen LogP contribution in [0.4, 0.5) is 10.5 Å². The van der Waals surface area contributed by atoms with Crippen molar-refractivity contribution >= 4 is 35.3 Å². The lowest BCUT2D eigenvalue weighted by Crippen LogP contribution is -2.45. The van der Waals surface area contributed by atoms with Crippen LogP contribution in [-0.4, -0.2) is 35.7 Å². The number of anilines is 1. The molecule has 0 saturated carbocycles. The molecule has 0 fully saturated rings. The lowest BCUT2D eigenvalue weighted by Gasteiger charge is -2.19. The Labute approximate surface area is 201 Å². The van der Waals surface area contributed by atoms with Crippen molar-refractivity contribution in [3.05, 3.63) is 88.4 Å². The van der Waals surface area contributed by atoms with Crippen molar-refractivity contribution in [1.82, 2.24) is 5.32 Å². The van der Waals surface area contributed by atoms with E-state index in [2.05, 4.69) is 10.6 Å². The highest BCUT2D eigenvalue weighted by Crippen LogP contribution is 2.44. The SMILES string of the molecule is Cc1cccc(NC(=O)C(CC(=O)O)NC(=O)OCC2c3ccccc3-c3ccccc32)c1Cl. The minimum absolute atomic E-state index is 0.0466. The number of carboxylic acids is 1. The van der Waals surface area contributed by atoms with Crippen molar-refractivity contribution in [3.8, 4) is 11.1 Å². The predicted molar refractivity (Wildman–Crippen MR) is 129 cm³/mol. The lowest BCUT2D eigenvalue weighted by molar-refractivity contribution is -0.139. The summed E-state index contributed by atoms with van der Waals surface area (Å²) in [6.45, 7) is 1.83. The Morgan fingerprint density at radius 1 is 0.971 bits per heavy atom. The molecule has 0 radical (unpaired) electrons. The summed E-state index contributed by atoms with van der Waals surface area (Å²) in [6.07, 6.45) is -1.49. The number of benzene rings is 3. The normalized spacial score (nSPS) is 12.9. The van der Waals surface area contributed by atoms with Gasteiger partial charge in [-0.3, -0.25) is 9.59 Å². The molecule has 2 amide bonds. The third-order valence-electron chi connectivity index (χ3n) is 5.78. The van der Waals surface area contributed by atoms with Crippen molar-refractivity contribution in [2.75, 3.05) is 11.9 Å². The summed E-state index contributed by atoms with van der Waals surface area (Å²) < 4.78 is 5.45. The van der Waals surface area contributed by atoms with E-state index in [0.29, 0.717) is 10.7 Å². The first-order valence-electron chi connectivity index (χ1n) is 10.7. The Hall–Kier alpha value is -3.84. The number of ether oxygens (including phenoxy) is 1. The third kappa shape index (κ3) is 4.89. The van der Waals surface area contributed by atoms with Crippen molar-refractivity contribution in [2.24, 2.45) is 0 Å². The number of amides is 2. The molecule has 0 bridgehead atoms. The number of aliphatic carboxylic acids is 1. The minimum atomic E-state index is -1.34. The topological polar surface area (TPSA) is 105 Å². The summed E-state index contributed by atoms with van der Waals surface area (Å²) >= 11 is 6.22. The van der Waals surface area contributed by atoms with E-state index in [4.69, 9.17) is 16.3 Å². The maximum atomic E-state index is 12.7. The number of nitrogens with one attached hydrogen (secondary N) is 2. The zero-order chi connectivity index (χ0) is 24.2. The average Bonchev–Trinajstić information content (AvgIpc) is 3.14. The van der Waals surface area contributed by atoms with Crippen LogP contribution in [0.2, 0.25) is 5.02 Å². The van der Waals surface area contributed by atoms with Crippen LogP contribution in [0.3, 0.4) is 0 Å². The molecule has 0 spiro atoms. The Bertz CT molecular complexity index is 1210. The number of carbonyl (C=O) groups is 3. The van der Waals surface area contributed by atoms with Crippen LogP contribution in [-0.2, 0) is 14.3 Å². The van der Waals surface area contributed by atoms with E-state index in [1.54, 1.807) is 25.1 Å². The van der Waals surface area contributed by atoms with Gasteiger partial charge in [0, 0.05) is 5.92 Å². The number of carboxylic acid groups (broad SMARTS) is 1. The maximum absolute atomic E-state index is 12.7. The van der Waals surface area contributed by atoms with Crippen molar-refractivity contribution in [1.29, 1.82) is 0 Å². The van der Waals surface area contributed by atoms with Gasteiger partial charge < -0.3 is 20.5 Å². The van der Waals surface area contributed by atoms with Gasteiger partial charge in [0.1, 0.15) is 12.6 Å². The summed E-state index contributed by atoms with van der Waals surface area (Å²) in [5, 5.41) is 14.5. The first-order valence-corrected chi connectivity index (χ1v) is 11.1. The smallest absolute Gasteiger partial charge is 0.407 e. The predicted octanol–water partition coefficient (Wildman–Crippen LogP) is 4.97. The standard InChI is InChI=1S/C26H23ClN2O5/c1-15-7-6-12-21(24(15)27)28-25(32)22(13-23(30)31)29-26(33)34-14-20-18-10-4-2-8-16(18)17-9-3-5-11-19(17)20/h2-12,20,22H,13-14H2,1H3,(H,28,32)(H,29,33)(H,30,31). The zero-order valence-corrected chi connectivity index (χ0v) is 19.1. The molecule has 1 atom stereocenters. The number of fused-ring (bicyclic) bond motifs is 3. The molecule has 0 saturated heterocycles. The summed E-state index contributed by atoms with van der Waals surface area (Å²) in [6, 6.07) is 19.6. The average molecular weight is 479 g/mol. The molecule has 7 nitrogen and oxygen atoms in total. The second-order valence-corrected chi connectivity index (χ2v) is 8.42. The number of alkyl carbamates (subject to hydrolysis) is 1. The van der Waals surface area contributed by atoms with Gasteiger partial charge in [0.05, 0.1) is 17.1 Å². The molecular weight excluding hydrogens is 456 g/mol. The molecule has 3 N–H and O–H groups in total. The van der Waals surface area contributed by atoms with E-state index in [1.165, 1.54) is 0 Å². The van der Waals surface area contributed by atoms with E-state index in [1.807, 2.05) is 48.5 Å². The van der Waals surface area contributed by atoms with Crippen LogP contribution in [0.25, 0.3) is 11.1 Å². The van der Waals surface area contributed by atoms with Gasteiger partial charge >= 0.3 is 12.1 Å². The minimum Gasteiger partial charge on any atom is -0.481 e. The lowest BCUT2D eigenvalue weighted by atomic mass is 9.98. The molecule has 0 heterocycles. The van der Waals surface area contributed by atoms with Gasteiger partial charge in [-0.25, -0.2) is 4.79 Å².